The third-order valence-electron chi connectivity index (χ3n) is 5.95. The molecule has 168 valence electrons. The summed E-state index contributed by atoms with van der Waals surface area (Å²) in [5, 5.41) is 14.5. The molecule has 1 saturated heterocycles. The average molecular weight is 426 g/mol. The molecule has 1 aliphatic rings. The van der Waals surface area contributed by atoms with Crippen LogP contribution < -0.4 is 16.8 Å². The molecule has 1 aliphatic heterocycles. The normalized spacial score (nSPS) is 19.2. The van der Waals surface area contributed by atoms with E-state index in [0.29, 0.717) is 25.9 Å². The molecule has 0 radical (unpaired) electrons. The van der Waals surface area contributed by atoms with Crippen molar-refractivity contribution in [1.29, 1.82) is 0 Å². The zero-order valence-corrected chi connectivity index (χ0v) is 18.1. The Balaban J connectivity index is 1.68. The summed E-state index contributed by atoms with van der Waals surface area (Å²) in [7, 11) is 0. The van der Waals surface area contributed by atoms with Gasteiger partial charge in [0.05, 0.1) is 12.1 Å². The number of aromatic nitrogens is 1. The minimum absolute atomic E-state index is 0.0821. The summed E-state index contributed by atoms with van der Waals surface area (Å²) in [4.78, 5) is 19.1. The van der Waals surface area contributed by atoms with Gasteiger partial charge in [-0.2, -0.15) is 0 Å². The fourth-order valence-electron chi connectivity index (χ4n) is 4.24. The monoisotopic (exact) mass is 425 g/mol. The van der Waals surface area contributed by atoms with Crippen LogP contribution in [0.1, 0.15) is 49.4 Å². The van der Waals surface area contributed by atoms with Gasteiger partial charge in [-0.05, 0) is 49.9 Å². The molecular weight excluding hydrogens is 390 g/mol. The fourth-order valence-corrected chi connectivity index (χ4v) is 4.24. The number of unbranched alkanes of at least 4 members (excludes halogenated alkanes) is 1. The van der Waals surface area contributed by atoms with E-state index in [1.54, 1.807) is 11.1 Å². The Hall–Kier alpha value is -2.32. The molecule has 31 heavy (non-hydrogen) atoms. The number of nitrogens with zero attached hydrogens (tertiary/aromatic N) is 2. The molecule has 2 aromatic rings. The van der Waals surface area contributed by atoms with Gasteiger partial charge in [0, 0.05) is 30.9 Å². The van der Waals surface area contributed by atoms with Crippen LogP contribution in [0.4, 0.5) is 0 Å². The van der Waals surface area contributed by atoms with Gasteiger partial charge in [0.2, 0.25) is 5.91 Å². The van der Waals surface area contributed by atoms with Crippen LogP contribution in [-0.2, 0) is 11.2 Å². The number of aliphatic hydroxyl groups excluding tert-OH is 1. The van der Waals surface area contributed by atoms with Gasteiger partial charge in [0.1, 0.15) is 6.23 Å². The summed E-state index contributed by atoms with van der Waals surface area (Å²) >= 11 is 0. The van der Waals surface area contributed by atoms with Crippen LogP contribution in [-0.4, -0.2) is 52.3 Å². The maximum Gasteiger partial charge on any atom is 0.239 e. The summed E-state index contributed by atoms with van der Waals surface area (Å²) in [5.74, 6) is -0.0821. The minimum Gasteiger partial charge on any atom is -0.376 e. The first-order valence-corrected chi connectivity index (χ1v) is 11.2. The maximum absolute atomic E-state index is 12.9. The Morgan fingerprint density at radius 1 is 1.19 bits per heavy atom. The lowest BCUT2D eigenvalue weighted by Crippen LogP contribution is -2.53. The zero-order valence-electron chi connectivity index (χ0n) is 18.1. The third-order valence-corrected chi connectivity index (χ3v) is 5.95. The van der Waals surface area contributed by atoms with E-state index in [-0.39, 0.29) is 18.0 Å². The van der Waals surface area contributed by atoms with E-state index < -0.39 is 12.3 Å². The van der Waals surface area contributed by atoms with Gasteiger partial charge in [-0.3, -0.25) is 15.1 Å². The highest BCUT2D eigenvalue weighted by atomic mass is 16.3. The van der Waals surface area contributed by atoms with E-state index in [1.807, 2.05) is 48.5 Å². The summed E-state index contributed by atoms with van der Waals surface area (Å²) in [6, 6.07) is 14.9. The lowest BCUT2D eigenvalue weighted by Gasteiger charge is -2.33. The largest absolute Gasteiger partial charge is 0.376 e. The highest BCUT2D eigenvalue weighted by molar-refractivity contribution is 5.82. The summed E-state index contributed by atoms with van der Waals surface area (Å²) in [5.41, 5.74) is 13.7. The Morgan fingerprint density at radius 2 is 1.97 bits per heavy atom. The predicted molar refractivity (Wildman–Crippen MR) is 122 cm³/mol. The molecule has 0 saturated carbocycles. The standard InChI is InChI=1S/C24H35N5O2/c25-14-6-4-12-20(26)24(31)29-16-8-13-22(29)23(30)28-21(18-9-2-1-3-10-18)17-19-11-5-7-15-27-19/h1-3,5,7,9-11,15,20-23,28,30H,4,6,8,12-14,16-17,25-26H2. The van der Waals surface area contributed by atoms with Gasteiger partial charge in [-0.15, -0.1) is 0 Å². The summed E-state index contributed by atoms with van der Waals surface area (Å²) in [6.07, 6.45) is 5.50. The number of aliphatic hydroxyl groups is 1. The van der Waals surface area contributed by atoms with Crippen LogP contribution in [0, 0.1) is 0 Å². The first kappa shape index (κ1) is 23.3. The van der Waals surface area contributed by atoms with Crippen molar-refractivity contribution < 1.29 is 9.90 Å². The van der Waals surface area contributed by atoms with E-state index in [9.17, 15) is 9.90 Å². The number of rotatable bonds is 11. The first-order chi connectivity index (χ1) is 15.1. The predicted octanol–water partition coefficient (Wildman–Crippen LogP) is 1.72. The Kier molecular flexibility index (Phi) is 8.97. The highest BCUT2D eigenvalue weighted by Crippen LogP contribution is 2.24. The average Bonchev–Trinajstić information content (AvgIpc) is 3.29. The Labute approximate surface area is 184 Å². The van der Waals surface area contributed by atoms with Crippen LogP contribution in [0.3, 0.4) is 0 Å². The third kappa shape index (κ3) is 6.58. The Bertz CT molecular complexity index is 789. The SMILES string of the molecule is NCCCCC(N)C(=O)N1CCCC1C(O)NC(Cc1ccccn1)c1ccccc1. The fraction of sp³-hybridized carbons (Fsp3) is 0.500. The number of nitrogens with one attached hydrogen (secondary N) is 1. The van der Waals surface area contributed by atoms with Crippen molar-refractivity contribution in [3.63, 3.8) is 0 Å². The van der Waals surface area contributed by atoms with Gasteiger partial charge in [-0.25, -0.2) is 0 Å². The van der Waals surface area contributed by atoms with Crippen molar-refractivity contribution in [2.75, 3.05) is 13.1 Å². The topological polar surface area (TPSA) is 118 Å². The van der Waals surface area contributed by atoms with Crippen molar-refractivity contribution in [3.8, 4) is 0 Å². The van der Waals surface area contributed by atoms with Gasteiger partial charge < -0.3 is 21.5 Å². The second-order valence-corrected chi connectivity index (χ2v) is 8.23. The second kappa shape index (κ2) is 11.9. The van der Waals surface area contributed by atoms with Crippen molar-refractivity contribution in [2.45, 2.75) is 62.9 Å². The van der Waals surface area contributed by atoms with Gasteiger partial charge in [-0.1, -0.05) is 42.8 Å². The van der Waals surface area contributed by atoms with E-state index >= 15 is 0 Å². The van der Waals surface area contributed by atoms with Crippen LogP contribution in [0.25, 0.3) is 0 Å². The molecule has 0 spiro atoms. The second-order valence-electron chi connectivity index (χ2n) is 8.23. The Morgan fingerprint density at radius 3 is 2.68 bits per heavy atom. The number of nitrogens with two attached hydrogens (primary N) is 2. The number of likely N-dealkylation sites (tertiary alicyclic amines) is 1. The van der Waals surface area contributed by atoms with Crippen molar-refractivity contribution in [3.05, 3.63) is 66.0 Å². The summed E-state index contributed by atoms with van der Waals surface area (Å²) < 4.78 is 0. The molecule has 7 nitrogen and oxygen atoms in total. The van der Waals surface area contributed by atoms with Crippen molar-refractivity contribution in [1.82, 2.24) is 15.2 Å². The quantitative estimate of drug-likeness (QED) is 0.322. The van der Waals surface area contributed by atoms with Gasteiger partial charge >= 0.3 is 0 Å². The summed E-state index contributed by atoms with van der Waals surface area (Å²) in [6.45, 7) is 1.23. The smallest absolute Gasteiger partial charge is 0.239 e. The van der Waals surface area contributed by atoms with E-state index in [0.717, 1.165) is 36.9 Å². The number of carbonyl (C=O) groups excluding carboxylic acids is 1. The number of hydrogen-bond donors (Lipinski definition) is 4. The molecule has 1 aromatic heterocycles. The molecule has 3 rings (SSSR count). The molecule has 4 atom stereocenters. The maximum atomic E-state index is 12.9. The lowest BCUT2D eigenvalue weighted by molar-refractivity contribution is -0.136. The number of hydrogen-bond acceptors (Lipinski definition) is 6. The molecule has 6 N–H and O–H groups in total. The van der Waals surface area contributed by atoms with Crippen molar-refractivity contribution >= 4 is 5.91 Å². The molecule has 4 unspecified atom stereocenters. The molecule has 2 heterocycles. The minimum atomic E-state index is -0.850. The molecule has 1 aromatic carbocycles. The first-order valence-electron chi connectivity index (χ1n) is 11.2. The van der Waals surface area contributed by atoms with Crippen LogP contribution in [0.5, 0.6) is 0 Å². The molecule has 1 amide bonds. The van der Waals surface area contributed by atoms with E-state index in [2.05, 4.69) is 10.3 Å². The van der Waals surface area contributed by atoms with Crippen LogP contribution >= 0.6 is 0 Å². The lowest BCUT2D eigenvalue weighted by atomic mass is 10.0. The van der Waals surface area contributed by atoms with Gasteiger partial charge in [0.15, 0.2) is 0 Å². The molecule has 0 aliphatic carbocycles. The number of benzene rings is 1. The number of carbonyl (C=O) groups is 1. The van der Waals surface area contributed by atoms with Crippen LogP contribution in [0.2, 0.25) is 0 Å². The molecule has 1 fully saturated rings. The highest BCUT2D eigenvalue weighted by Gasteiger charge is 2.36. The molecular formula is C24H35N5O2. The molecule has 7 heteroatoms. The number of amides is 1. The van der Waals surface area contributed by atoms with Crippen LogP contribution in [0.15, 0.2) is 54.7 Å². The van der Waals surface area contributed by atoms with E-state index in [1.165, 1.54) is 0 Å². The van der Waals surface area contributed by atoms with E-state index in [4.69, 9.17) is 11.5 Å². The molecule has 0 bridgehead atoms. The van der Waals surface area contributed by atoms with Crippen molar-refractivity contribution in [2.24, 2.45) is 11.5 Å². The van der Waals surface area contributed by atoms with Gasteiger partial charge in [0.25, 0.3) is 0 Å². The number of pyridine rings is 1. The zero-order chi connectivity index (χ0) is 22.1.